The SMILES string of the molecule is [Li].[Li].c1ccc2c(-c3cccc4ccccc34)cccc2c1. The summed E-state index contributed by atoms with van der Waals surface area (Å²) in [4.78, 5) is 0. The summed E-state index contributed by atoms with van der Waals surface area (Å²) >= 11 is 0. The summed E-state index contributed by atoms with van der Waals surface area (Å²) < 4.78 is 0. The average molecular weight is 268 g/mol. The maximum absolute atomic E-state index is 2.21. The molecule has 0 aliphatic carbocycles. The van der Waals surface area contributed by atoms with Gasteiger partial charge in [-0.1, -0.05) is 84.9 Å². The Morgan fingerprint density at radius 3 is 1.18 bits per heavy atom. The summed E-state index contributed by atoms with van der Waals surface area (Å²) in [5.74, 6) is 0. The molecule has 0 fully saturated rings. The molecule has 0 bridgehead atoms. The molecule has 22 heavy (non-hydrogen) atoms. The Bertz CT molecular complexity index is 825. The van der Waals surface area contributed by atoms with Gasteiger partial charge in [0.1, 0.15) is 0 Å². The van der Waals surface area contributed by atoms with Crippen molar-refractivity contribution < 1.29 is 0 Å². The molecular formula is C20H14Li2. The number of benzene rings is 4. The first-order valence-corrected chi connectivity index (χ1v) is 6.89. The molecule has 0 aromatic heterocycles. The van der Waals surface area contributed by atoms with Crippen LogP contribution < -0.4 is 0 Å². The molecule has 4 aromatic carbocycles. The molecule has 0 saturated carbocycles. The molecule has 0 heterocycles. The summed E-state index contributed by atoms with van der Waals surface area (Å²) in [6, 6.07) is 30.2. The molecule has 0 unspecified atom stereocenters. The van der Waals surface area contributed by atoms with Crippen LogP contribution in [0, 0.1) is 0 Å². The second-order valence-electron chi connectivity index (χ2n) is 5.05. The van der Waals surface area contributed by atoms with Crippen molar-refractivity contribution in [3.63, 3.8) is 0 Å². The van der Waals surface area contributed by atoms with Crippen molar-refractivity contribution in [3.05, 3.63) is 84.9 Å². The maximum Gasteiger partial charge on any atom is 0 e. The number of fused-ring (bicyclic) bond motifs is 2. The van der Waals surface area contributed by atoms with E-state index in [4.69, 9.17) is 0 Å². The Kier molecular flexibility index (Phi) is 5.58. The van der Waals surface area contributed by atoms with Crippen LogP contribution in [0.2, 0.25) is 0 Å². The van der Waals surface area contributed by atoms with Crippen LogP contribution in [0.25, 0.3) is 32.7 Å². The quantitative estimate of drug-likeness (QED) is 0.431. The van der Waals surface area contributed by atoms with Crippen LogP contribution >= 0.6 is 0 Å². The van der Waals surface area contributed by atoms with Crippen LogP contribution in [0.15, 0.2) is 84.9 Å². The van der Waals surface area contributed by atoms with Crippen LogP contribution in [0.5, 0.6) is 0 Å². The van der Waals surface area contributed by atoms with E-state index in [0.717, 1.165) is 0 Å². The van der Waals surface area contributed by atoms with Crippen LogP contribution in [-0.2, 0) is 0 Å². The Morgan fingerprint density at radius 1 is 0.364 bits per heavy atom. The molecule has 2 heteroatoms. The zero-order chi connectivity index (χ0) is 13.4. The van der Waals surface area contributed by atoms with Crippen molar-refractivity contribution >= 4 is 59.3 Å². The largest absolute Gasteiger partial charge is 0.0616 e. The first-order valence-electron chi connectivity index (χ1n) is 6.89. The third-order valence-electron chi connectivity index (χ3n) is 3.87. The number of hydrogen-bond acceptors (Lipinski definition) is 0. The van der Waals surface area contributed by atoms with Gasteiger partial charge in [-0.15, -0.1) is 0 Å². The molecule has 0 atom stereocenters. The molecule has 4 aromatic rings. The molecule has 0 spiro atoms. The van der Waals surface area contributed by atoms with Gasteiger partial charge in [-0.05, 0) is 32.7 Å². The van der Waals surface area contributed by atoms with E-state index < -0.39 is 0 Å². The first-order chi connectivity index (χ1) is 9.93. The minimum Gasteiger partial charge on any atom is -0.0616 e. The minimum atomic E-state index is 0. The van der Waals surface area contributed by atoms with Gasteiger partial charge < -0.3 is 0 Å². The van der Waals surface area contributed by atoms with Crippen molar-refractivity contribution in [2.75, 3.05) is 0 Å². The minimum absolute atomic E-state index is 0. The fraction of sp³-hybridized carbons (Fsp3) is 0. The second kappa shape index (κ2) is 7.24. The van der Waals surface area contributed by atoms with E-state index in [1.807, 2.05) is 0 Å². The predicted octanol–water partition coefficient (Wildman–Crippen LogP) is 4.90. The standard InChI is InChI=1S/C20H14.2Li/c1-3-11-17-15(7-1)9-5-13-19(17)20-14-6-10-16-8-2-4-12-18(16)20;;/h1-14H;;. The second-order valence-corrected chi connectivity index (χ2v) is 5.05. The van der Waals surface area contributed by atoms with Crippen molar-refractivity contribution in [1.82, 2.24) is 0 Å². The summed E-state index contributed by atoms with van der Waals surface area (Å²) in [7, 11) is 0. The van der Waals surface area contributed by atoms with Gasteiger partial charge in [0.05, 0.1) is 0 Å². The van der Waals surface area contributed by atoms with E-state index in [-0.39, 0.29) is 37.7 Å². The molecule has 0 amide bonds. The van der Waals surface area contributed by atoms with Crippen LogP contribution in [0.1, 0.15) is 0 Å². The Morgan fingerprint density at radius 2 is 0.727 bits per heavy atom. The predicted molar refractivity (Wildman–Crippen MR) is 98.4 cm³/mol. The van der Waals surface area contributed by atoms with Crippen molar-refractivity contribution in [2.24, 2.45) is 0 Å². The summed E-state index contributed by atoms with van der Waals surface area (Å²) in [5, 5.41) is 5.20. The number of hydrogen-bond donors (Lipinski definition) is 0. The zero-order valence-corrected chi connectivity index (χ0v) is 13.1. The van der Waals surface area contributed by atoms with E-state index in [0.29, 0.717) is 0 Å². The third kappa shape index (κ3) is 2.89. The van der Waals surface area contributed by atoms with E-state index in [2.05, 4.69) is 84.9 Å². The van der Waals surface area contributed by atoms with E-state index in [9.17, 15) is 0 Å². The summed E-state index contributed by atoms with van der Waals surface area (Å²) in [6.45, 7) is 0. The van der Waals surface area contributed by atoms with Gasteiger partial charge in [0, 0.05) is 37.7 Å². The summed E-state index contributed by atoms with van der Waals surface area (Å²) in [6.07, 6.45) is 0. The molecule has 0 aliphatic rings. The normalized spacial score (nSPS) is 10.0. The Balaban J connectivity index is 0.000000882. The molecule has 0 saturated heterocycles. The van der Waals surface area contributed by atoms with E-state index >= 15 is 0 Å². The van der Waals surface area contributed by atoms with Crippen molar-refractivity contribution in [1.29, 1.82) is 0 Å². The fourth-order valence-electron chi connectivity index (χ4n) is 2.92. The number of rotatable bonds is 1. The van der Waals surface area contributed by atoms with Gasteiger partial charge in [-0.3, -0.25) is 0 Å². The smallest absolute Gasteiger partial charge is 0 e. The third-order valence-corrected chi connectivity index (χ3v) is 3.87. The molecule has 0 aliphatic heterocycles. The van der Waals surface area contributed by atoms with Gasteiger partial charge in [-0.2, -0.15) is 0 Å². The van der Waals surface area contributed by atoms with Crippen molar-refractivity contribution in [2.45, 2.75) is 0 Å². The fourth-order valence-corrected chi connectivity index (χ4v) is 2.92. The summed E-state index contributed by atoms with van der Waals surface area (Å²) in [5.41, 5.74) is 2.61. The van der Waals surface area contributed by atoms with Gasteiger partial charge in [0.2, 0.25) is 0 Å². The Hall–Kier alpha value is -1.41. The Labute approximate surface area is 154 Å². The van der Waals surface area contributed by atoms with Crippen molar-refractivity contribution in [3.8, 4) is 11.1 Å². The molecule has 4 rings (SSSR count). The van der Waals surface area contributed by atoms with Gasteiger partial charge in [0.15, 0.2) is 0 Å². The van der Waals surface area contributed by atoms with Crippen LogP contribution in [0.4, 0.5) is 0 Å². The molecular weight excluding hydrogens is 254 g/mol. The van der Waals surface area contributed by atoms with Gasteiger partial charge in [-0.25, -0.2) is 0 Å². The van der Waals surface area contributed by atoms with Gasteiger partial charge in [0.25, 0.3) is 0 Å². The van der Waals surface area contributed by atoms with E-state index in [1.165, 1.54) is 32.7 Å². The monoisotopic (exact) mass is 268 g/mol. The van der Waals surface area contributed by atoms with Gasteiger partial charge >= 0.3 is 0 Å². The van der Waals surface area contributed by atoms with Crippen LogP contribution in [-0.4, -0.2) is 37.7 Å². The first kappa shape index (κ1) is 17.0. The van der Waals surface area contributed by atoms with Crippen LogP contribution in [0.3, 0.4) is 0 Å². The maximum atomic E-state index is 2.21. The zero-order valence-electron chi connectivity index (χ0n) is 13.1. The molecule has 0 nitrogen and oxygen atoms in total. The van der Waals surface area contributed by atoms with E-state index in [1.54, 1.807) is 0 Å². The topological polar surface area (TPSA) is 0 Å². The molecule has 0 N–H and O–H groups in total. The molecule has 2 radical (unpaired) electrons. The average Bonchev–Trinajstić information content (AvgIpc) is 2.54. The molecule has 96 valence electrons.